The summed E-state index contributed by atoms with van der Waals surface area (Å²) in [7, 11) is 0. The zero-order chi connectivity index (χ0) is 18.1. The van der Waals surface area contributed by atoms with Gasteiger partial charge in [0.2, 0.25) is 5.89 Å². The van der Waals surface area contributed by atoms with Gasteiger partial charge in [0.1, 0.15) is 11.3 Å². The summed E-state index contributed by atoms with van der Waals surface area (Å²) in [5, 5.41) is 10.7. The van der Waals surface area contributed by atoms with Crippen molar-refractivity contribution in [3.05, 3.63) is 70.2 Å². The highest BCUT2D eigenvalue weighted by Crippen LogP contribution is 2.52. The first-order valence-electron chi connectivity index (χ1n) is 8.49. The Bertz CT molecular complexity index is 1160. The van der Waals surface area contributed by atoms with E-state index < -0.39 is 0 Å². The van der Waals surface area contributed by atoms with Crippen LogP contribution in [0.5, 0.6) is 5.75 Å². The number of hydrogen-bond donors (Lipinski definition) is 1. The molecule has 0 saturated heterocycles. The van der Waals surface area contributed by atoms with Crippen LogP contribution in [0.4, 0.5) is 0 Å². The number of oxazole rings is 1. The number of rotatable bonds is 1. The Morgan fingerprint density at radius 1 is 0.923 bits per heavy atom. The van der Waals surface area contributed by atoms with E-state index in [1.54, 1.807) is 0 Å². The van der Waals surface area contributed by atoms with Gasteiger partial charge in [-0.1, -0.05) is 48.0 Å². The third-order valence-corrected chi connectivity index (χ3v) is 5.77. The number of nitrogens with zero attached hydrogens (tertiary/aromatic N) is 1. The normalized spacial score (nSPS) is 14.4. The molecule has 3 nitrogen and oxygen atoms in total. The Morgan fingerprint density at radius 2 is 1.69 bits per heavy atom. The highest BCUT2D eigenvalue weighted by atomic mass is 79.9. The molecule has 3 aromatic carbocycles. The fraction of sp³-hybridized carbons (Fsp3) is 0.136. The quantitative estimate of drug-likeness (QED) is 0.405. The van der Waals surface area contributed by atoms with E-state index in [2.05, 4.69) is 46.9 Å². The highest BCUT2D eigenvalue weighted by Gasteiger charge is 2.36. The Labute approximate surface area is 159 Å². The van der Waals surface area contributed by atoms with E-state index in [0.717, 1.165) is 21.1 Å². The number of phenols is 1. The highest BCUT2D eigenvalue weighted by molar-refractivity contribution is 9.10. The van der Waals surface area contributed by atoms with Gasteiger partial charge in [-0.15, -0.1) is 0 Å². The Balaban J connectivity index is 1.75. The summed E-state index contributed by atoms with van der Waals surface area (Å²) in [5.74, 6) is 0.626. The van der Waals surface area contributed by atoms with E-state index in [-0.39, 0.29) is 11.2 Å². The smallest absolute Gasteiger partial charge is 0.231 e. The summed E-state index contributed by atoms with van der Waals surface area (Å²) in [5.41, 5.74) is 6.60. The van der Waals surface area contributed by atoms with Gasteiger partial charge in [0.05, 0.1) is 5.56 Å². The van der Waals surface area contributed by atoms with Crippen molar-refractivity contribution in [3.63, 3.8) is 0 Å². The maximum Gasteiger partial charge on any atom is 0.231 e. The van der Waals surface area contributed by atoms with Gasteiger partial charge in [-0.2, -0.15) is 0 Å². The van der Waals surface area contributed by atoms with Crippen molar-refractivity contribution in [1.29, 1.82) is 0 Å². The molecule has 1 aromatic heterocycles. The lowest BCUT2D eigenvalue weighted by Gasteiger charge is -2.22. The fourth-order valence-corrected chi connectivity index (χ4v) is 4.26. The number of fused-ring (bicyclic) bond motifs is 4. The molecule has 5 rings (SSSR count). The first-order valence-corrected chi connectivity index (χ1v) is 9.28. The molecule has 1 aliphatic carbocycles. The molecule has 26 heavy (non-hydrogen) atoms. The molecule has 0 aliphatic heterocycles. The van der Waals surface area contributed by atoms with E-state index in [4.69, 9.17) is 4.42 Å². The minimum Gasteiger partial charge on any atom is -0.507 e. The monoisotopic (exact) mass is 405 g/mol. The van der Waals surface area contributed by atoms with Gasteiger partial charge in [-0.25, -0.2) is 4.98 Å². The Morgan fingerprint density at radius 3 is 2.50 bits per heavy atom. The van der Waals surface area contributed by atoms with Crippen LogP contribution >= 0.6 is 15.9 Å². The average Bonchev–Trinajstić information content (AvgIpc) is 3.12. The van der Waals surface area contributed by atoms with Gasteiger partial charge >= 0.3 is 0 Å². The van der Waals surface area contributed by atoms with Crippen LogP contribution in [0.2, 0.25) is 0 Å². The topological polar surface area (TPSA) is 46.3 Å². The maximum atomic E-state index is 10.7. The molecular formula is C22H16BrNO2. The Kier molecular flexibility index (Phi) is 3.13. The lowest BCUT2D eigenvalue weighted by Crippen LogP contribution is -2.15. The number of phenolic OH excluding ortho intramolecular Hbond substituents is 1. The predicted octanol–water partition coefficient (Wildman–Crippen LogP) is 6.27. The molecule has 4 heteroatoms. The molecule has 0 fully saturated rings. The number of hydrogen-bond acceptors (Lipinski definition) is 3. The van der Waals surface area contributed by atoms with E-state index in [0.29, 0.717) is 17.0 Å². The molecule has 0 spiro atoms. The Hall–Kier alpha value is -2.59. The number of para-hydroxylation sites is 2. The molecular weight excluding hydrogens is 390 g/mol. The summed E-state index contributed by atoms with van der Waals surface area (Å²) in [6.45, 7) is 4.41. The largest absolute Gasteiger partial charge is 0.507 e. The molecule has 0 saturated carbocycles. The van der Waals surface area contributed by atoms with E-state index in [9.17, 15) is 5.11 Å². The molecule has 1 N–H and O–H groups in total. The van der Waals surface area contributed by atoms with Gasteiger partial charge in [0.15, 0.2) is 5.58 Å². The number of aromatic nitrogens is 1. The number of benzene rings is 3. The maximum absolute atomic E-state index is 10.7. The first-order chi connectivity index (χ1) is 12.4. The van der Waals surface area contributed by atoms with Crippen molar-refractivity contribution in [2.45, 2.75) is 19.3 Å². The van der Waals surface area contributed by atoms with Crippen LogP contribution in [0.3, 0.4) is 0 Å². The van der Waals surface area contributed by atoms with Gasteiger partial charge < -0.3 is 9.52 Å². The first kappa shape index (κ1) is 15.6. The second-order valence-electron chi connectivity index (χ2n) is 7.22. The molecule has 0 unspecified atom stereocenters. The molecule has 0 atom stereocenters. The van der Waals surface area contributed by atoms with Crippen LogP contribution in [0.15, 0.2) is 63.5 Å². The van der Waals surface area contributed by atoms with Gasteiger partial charge in [-0.3, -0.25) is 0 Å². The average molecular weight is 406 g/mol. The summed E-state index contributed by atoms with van der Waals surface area (Å²) < 4.78 is 6.94. The third kappa shape index (κ3) is 2.08. The predicted molar refractivity (Wildman–Crippen MR) is 106 cm³/mol. The summed E-state index contributed by atoms with van der Waals surface area (Å²) in [6.07, 6.45) is 0. The zero-order valence-corrected chi connectivity index (χ0v) is 16.0. The minimum atomic E-state index is -0.164. The third-order valence-electron chi connectivity index (χ3n) is 5.28. The molecule has 128 valence electrons. The van der Waals surface area contributed by atoms with Crippen molar-refractivity contribution in [3.8, 4) is 28.3 Å². The number of aromatic hydroxyl groups is 1. The molecule has 0 radical (unpaired) electrons. The van der Waals surface area contributed by atoms with Gasteiger partial charge in [0.25, 0.3) is 0 Å². The van der Waals surface area contributed by atoms with Crippen molar-refractivity contribution in [2.75, 3.05) is 0 Å². The van der Waals surface area contributed by atoms with Gasteiger partial charge in [0, 0.05) is 9.89 Å². The van der Waals surface area contributed by atoms with Crippen molar-refractivity contribution in [1.82, 2.24) is 4.98 Å². The second-order valence-corrected chi connectivity index (χ2v) is 8.13. The molecule has 0 amide bonds. The van der Waals surface area contributed by atoms with Crippen molar-refractivity contribution >= 4 is 27.0 Å². The van der Waals surface area contributed by atoms with Crippen LogP contribution < -0.4 is 0 Å². The molecule has 4 aromatic rings. The lowest BCUT2D eigenvalue weighted by molar-refractivity contribution is 0.474. The van der Waals surface area contributed by atoms with Crippen molar-refractivity contribution < 1.29 is 9.52 Å². The summed E-state index contributed by atoms with van der Waals surface area (Å²) in [6, 6.07) is 17.8. The SMILES string of the molecule is CC1(C)c2cc(Br)ccc2-c2cc(O)c(-c3nc4ccccc4o3)cc21. The zero-order valence-electron chi connectivity index (χ0n) is 14.4. The molecule has 1 heterocycles. The van der Waals surface area contributed by atoms with Crippen molar-refractivity contribution in [2.24, 2.45) is 0 Å². The fourth-order valence-electron chi connectivity index (χ4n) is 3.90. The van der Waals surface area contributed by atoms with Crippen LogP contribution in [0.25, 0.3) is 33.7 Å². The van der Waals surface area contributed by atoms with Crippen LogP contribution in [0.1, 0.15) is 25.0 Å². The van der Waals surface area contributed by atoms with Gasteiger partial charge in [-0.05, 0) is 58.7 Å². The standard InChI is InChI=1S/C22H16BrNO2/c1-22(2)16-9-12(23)7-8-13(16)14-11-19(25)15(10-17(14)22)21-24-18-5-3-4-6-20(18)26-21/h3-11,25H,1-2H3. The van der Waals surface area contributed by atoms with E-state index in [1.165, 1.54) is 11.1 Å². The molecule has 1 aliphatic rings. The summed E-state index contributed by atoms with van der Waals surface area (Å²) in [4.78, 5) is 4.55. The second kappa shape index (κ2) is 5.21. The van der Waals surface area contributed by atoms with Crippen LogP contribution in [-0.2, 0) is 5.41 Å². The lowest BCUT2D eigenvalue weighted by atomic mass is 9.82. The van der Waals surface area contributed by atoms with Crippen LogP contribution in [0, 0.1) is 0 Å². The molecule has 0 bridgehead atoms. The number of halogens is 1. The summed E-state index contributed by atoms with van der Waals surface area (Å²) >= 11 is 3.57. The van der Waals surface area contributed by atoms with E-state index in [1.807, 2.05) is 42.5 Å². The van der Waals surface area contributed by atoms with E-state index >= 15 is 0 Å². The minimum absolute atomic E-state index is 0.164. The van der Waals surface area contributed by atoms with Crippen LogP contribution in [-0.4, -0.2) is 10.1 Å².